The number of hydrogen-bond donors (Lipinski definition) is 1. The number of piperidine rings is 1. The Morgan fingerprint density at radius 3 is 2.50 bits per heavy atom. The third kappa shape index (κ3) is 3.47. The lowest BCUT2D eigenvalue weighted by Crippen LogP contribution is -2.54. The van der Waals surface area contributed by atoms with E-state index in [0.29, 0.717) is 6.04 Å². The fraction of sp³-hybridized carbons (Fsp3) is 1.00. The minimum absolute atomic E-state index is 0.161. The first-order valence-corrected chi connectivity index (χ1v) is 6.08. The molecule has 0 saturated carbocycles. The number of ether oxygens (including phenoxy) is 1. The van der Waals surface area contributed by atoms with Crippen LogP contribution >= 0.6 is 9.24 Å². The predicted molar refractivity (Wildman–Crippen MR) is 63.3 cm³/mol. The van der Waals surface area contributed by atoms with Gasteiger partial charge in [-0.1, -0.05) is 0 Å². The van der Waals surface area contributed by atoms with E-state index in [2.05, 4.69) is 28.0 Å². The number of nitrogens with zero attached hydrogens (tertiary/aromatic N) is 1. The van der Waals surface area contributed by atoms with Crippen molar-refractivity contribution in [2.75, 3.05) is 13.1 Å². The van der Waals surface area contributed by atoms with Crippen LogP contribution in [-0.2, 0) is 4.74 Å². The van der Waals surface area contributed by atoms with E-state index in [9.17, 15) is 0 Å². The molecule has 0 amide bonds. The van der Waals surface area contributed by atoms with Crippen LogP contribution in [0.5, 0.6) is 0 Å². The van der Waals surface area contributed by atoms with Crippen LogP contribution < -0.4 is 5.73 Å². The van der Waals surface area contributed by atoms with Gasteiger partial charge in [-0.2, -0.15) is 0 Å². The Morgan fingerprint density at radius 2 is 2.07 bits per heavy atom. The maximum absolute atomic E-state index is 6.08. The molecule has 84 valence electrons. The quantitative estimate of drug-likeness (QED) is 0.719. The van der Waals surface area contributed by atoms with Crippen molar-refractivity contribution < 1.29 is 4.74 Å². The van der Waals surface area contributed by atoms with E-state index in [1.54, 1.807) is 0 Å². The highest BCUT2D eigenvalue weighted by molar-refractivity contribution is 7.17. The molecule has 1 rings (SSSR count). The van der Waals surface area contributed by atoms with Gasteiger partial charge >= 0.3 is 0 Å². The molecule has 0 spiro atoms. The molecule has 1 saturated heterocycles. The van der Waals surface area contributed by atoms with Crippen LogP contribution in [0.3, 0.4) is 0 Å². The lowest BCUT2D eigenvalue weighted by Gasteiger charge is -2.39. The molecule has 4 atom stereocenters. The van der Waals surface area contributed by atoms with Crippen LogP contribution in [0.25, 0.3) is 0 Å². The second kappa shape index (κ2) is 5.41. The normalized spacial score (nSPS) is 32.1. The molecule has 14 heavy (non-hydrogen) atoms. The molecule has 1 heterocycles. The molecule has 1 aliphatic heterocycles. The zero-order chi connectivity index (χ0) is 10.7. The molecule has 0 aromatic rings. The highest BCUT2D eigenvalue weighted by Gasteiger charge is 2.28. The van der Waals surface area contributed by atoms with Gasteiger partial charge in [0.1, 0.15) is 0 Å². The van der Waals surface area contributed by atoms with Crippen molar-refractivity contribution in [2.24, 2.45) is 5.73 Å². The summed E-state index contributed by atoms with van der Waals surface area (Å²) >= 11 is 0. The maximum Gasteiger partial charge on any atom is 0.0758 e. The largest absolute Gasteiger partial charge is 0.370 e. The molecule has 0 aliphatic carbocycles. The van der Waals surface area contributed by atoms with Crippen LogP contribution in [0.1, 0.15) is 27.2 Å². The Labute approximate surface area is 89.6 Å². The van der Waals surface area contributed by atoms with Gasteiger partial charge in [-0.05, 0) is 27.2 Å². The molecule has 4 heteroatoms. The first-order valence-electron chi connectivity index (χ1n) is 5.41. The monoisotopic (exact) mass is 218 g/mol. The Bertz CT molecular complexity index is 176. The highest BCUT2D eigenvalue weighted by atomic mass is 31.0. The lowest BCUT2D eigenvalue weighted by molar-refractivity contribution is -0.0194. The van der Waals surface area contributed by atoms with Crippen molar-refractivity contribution >= 4 is 9.24 Å². The molecule has 2 N–H and O–H groups in total. The number of nitrogens with two attached hydrogens (primary N) is 1. The molecule has 0 bridgehead atoms. The van der Waals surface area contributed by atoms with Crippen molar-refractivity contribution in [3.05, 3.63) is 0 Å². The Morgan fingerprint density at radius 1 is 1.43 bits per heavy atom. The summed E-state index contributed by atoms with van der Waals surface area (Å²) in [7, 11) is 2.66. The molecule has 1 fully saturated rings. The zero-order valence-electron chi connectivity index (χ0n) is 9.44. The third-order valence-electron chi connectivity index (χ3n) is 2.74. The molecule has 0 aromatic carbocycles. The van der Waals surface area contributed by atoms with E-state index in [1.807, 2.05) is 6.92 Å². The van der Waals surface area contributed by atoms with Gasteiger partial charge in [0.25, 0.3) is 0 Å². The predicted octanol–water partition coefficient (Wildman–Crippen LogP) is 1.03. The zero-order valence-corrected chi connectivity index (χ0v) is 10.6. The molecule has 1 aliphatic rings. The van der Waals surface area contributed by atoms with Crippen LogP contribution in [0, 0.1) is 0 Å². The summed E-state index contributed by atoms with van der Waals surface area (Å²) in [6, 6.07) is 0.754. The van der Waals surface area contributed by atoms with E-state index >= 15 is 0 Å². The number of likely N-dealkylation sites (tertiary alicyclic amines) is 1. The molecular weight excluding hydrogens is 195 g/mol. The highest BCUT2D eigenvalue weighted by Crippen LogP contribution is 2.18. The second-order valence-corrected chi connectivity index (χ2v) is 5.36. The van der Waals surface area contributed by atoms with Crippen LogP contribution in [0.15, 0.2) is 0 Å². The van der Waals surface area contributed by atoms with Crippen LogP contribution in [-0.4, -0.2) is 42.0 Å². The van der Waals surface area contributed by atoms with Crippen molar-refractivity contribution in [3.8, 4) is 0 Å². The van der Waals surface area contributed by atoms with E-state index in [4.69, 9.17) is 10.5 Å². The van der Waals surface area contributed by atoms with Gasteiger partial charge in [0.15, 0.2) is 0 Å². The minimum atomic E-state index is 0.161. The first-order chi connectivity index (χ1) is 6.50. The molecule has 4 unspecified atom stereocenters. The number of rotatable bonds is 3. The fourth-order valence-electron chi connectivity index (χ4n) is 1.90. The lowest BCUT2D eigenvalue weighted by atomic mass is 10.0. The topological polar surface area (TPSA) is 38.5 Å². The maximum atomic E-state index is 6.08. The van der Waals surface area contributed by atoms with Crippen molar-refractivity contribution in [1.29, 1.82) is 0 Å². The van der Waals surface area contributed by atoms with Gasteiger partial charge in [0, 0.05) is 25.2 Å². The van der Waals surface area contributed by atoms with Gasteiger partial charge in [-0.15, -0.1) is 9.24 Å². The molecule has 0 radical (unpaired) electrons. The Hall–Kier alpha value is 0.310. The minimum Gasteiger partial charge on any atom is -0.370 e. The van der Waals surface area contributed by atoms with E-state index in [1.165, 1.54) is 0 Å². The van der Waals surface area contributed by atoms with Crippen LogP contribution in [0.4, 0.5) is 0 Å². The summed E-state index contributed by atoms with van der Waals surface area (Å²) in [6.45, 7) is 8.53. The van der Waals surface area contributed by atoms with Gasteiger partial charge in [-0.3, -0.25) is 4.90 Å². The third-order valence-corrected chi connectivity index (χ3v) is 2.90. The Kier molecular flexibility index (Phi) is 4.78. The van der Waals surface area contributed by atoms with Crippen molar-refractivity contribution in [2.45, 2.75) is 51.2 Å². The van der Waals surface area contributed by atoms with E-state index in [0.717, 1.165) is 19.5 Å². The summed E-state index contributed by atoms with van der Waals surface area (Å²) in [5.41, 5.74) is 6.08. The Balaban J connectivity index is 2.39. The molecule has 3 nitrogen and oxygen atoms in total. The molecular formula is C10H23N2OP. The summed E-state index contributed by atoms with van der Waals surface area (Å²) in [4.78, 5) is 2.41. The van der Waals surface area contributed by atoms with Gasteiger partial charge in [0.05, 0.1) is 11.9 Å². The van der Waals surface area contributed by atoms with Gasteiger partial charge < -0.3 is 10.5 Å². The average Bonchev–Trinajstić information content (AvgIpc) is 2.07. The average molecular weight is 218 g/mol. The van der Waals surface area contributed by atoms with Gasteiger partial charge in [-0.25, -0.2) is 0 Å². The summed E-state index contributed by atoms with van der Waals surface area (Å²) in [5, 5.41) is 0. The van der Waals surface area contributed by atoms with E-state index < -0.39 is 0 Å². The standard InChI is InChI=1S/C10H23N2OP/c1-7(2)12-5-4-10(9(11)6-12)13-8(3)14/h7-10H,4-6,11,14H2,1-3H3. The smallest absolute Gasteiger partial charge is 0.0758 e. The molecule has 0 aromatic heterocycles. The summed E-state index contributed by atoms with van der Waals surface area (Å²) in [5.74, 6) is 0.205. The second-order valence-electron chi connectivity index (χ2n) is 4.42. The number of hydrogen-bond acceptors (Lipinski definition) is 3. The van der Waals surface area contributed by atoms with Crippen LogP contribution in [0.2, 0.25) is 0 Å². The van der Waals surface area contributed by atoms with Crippen molar-refractivity contribution in [3.63, 3.8) is 0 Å². The van der Waals surface area contributed by atoms with E-state index in [-0.39, 0.29) is 18.0 Å². The SMILES string of the molecule is CC(P)OC1CCN(C(C)C)CC1N. The fourth-order valence-corrected chi connectivity index (χ4v) is 2.10. The summed E-state index contributed by atoms with van der Waals surface area (Å²) < 4.78 is 5.74. The first kappa shape index (κ1) is 12.4. The van der Waals surface area contributed by atoms with Crippen molar-refractivity contribution in [1.82, 2.24) is 4.90 Å². The summed E-state index contributed by atoms with van der Waals surface area (Å²) in [6.07, 6.45) is 1.29. The van der Waals surface area contributed by atoms with Gasteiger partial charge in [0.2, 0.25) is 0 Å².